The Morgan fingerprint density at radius 2 is 1.93 bits per heavy atom. The first kappa shape index (κ1) is 21.1. The number of likely N-dealkylation sites (tertiary alicyclic amines) is 1. The fraction of sp³-hybridized carbons (Fsp3) is 0.522. The van der Waals surface area contributed by atoms with E-state index in [4.69, 9.17) is 5.11 Å². The zero-order chi connectivity index (χ0) is 21.0. The van der Waals surface area contributed by atoms with E-state index >= 15 is 0 Å². The second-order valence-electron chi connectivity index (χ2n) is 8.05. The Hall–Kier alpha value is -2.63. The highest BCUT2D eigenvalue weighted by Crippen LogP contribution is 2.23. The molecule has 1 N–H and O–H groups in total. The molecule has 1 aliphatic rings. The van der Waals surface area contributed by atoms with Crippen molar-refractivity contribution in [2.24, 2.45) is 5.92 Å². The lowest BCUT2D eigenvalue weighted by molar-refractivity contribution is -0.136. The Morgan fingerprint density at radius 3 is 2.59 bits per heavy atom. The quantitative estimate of drug-likeness (QED) is 0.761. The Morgan fingerprint density at radius 1 is 1.21 bits per heavy atom. The molecule has 1 fully saturated rings. The summed E-state index contributed by atoms with van der Waals surface area (Å²) in [5, 5.41) is 13.5. The van der Waals surface area contributed by atoms with Gasteiger partial charge in [0.2, 0.25) is 0 Å². The van der Waals surface area contributed by atoms with Crippen molar-refractivity contribution < 1.29 is 14.7 Å². The van der Waals surface area contributed by atoms with Gasteiger partial charge in [-0.15, -0.1) is 0 Å². The third-order valence-corrected chi connectivity index (χ3v) is 5.89. The molecular weight excluding hydrogens is 366 g/mol. The Balaban J connectivity index is 1.74. The minimum absolute atomic E-state index is 0.0929. The first-order valence-electron chi connectivity index (χ1n) is 10.6. The molecule has 29 heavy (non-hydrogen) atoms. The van der Waals surface area contributed by atoms with Crippen LogP contribution < -0.4 is 0 Å². The lowest BCUT2D eigenvalue weighted by Gasteiger charge is -2.32. The maximum atomic E-state index is 12.9. The first-order valence-corrected chi connectivity index (χ1v) is 10.6. The van der Waals surface area contributed by atoms with Crippen LogP contribution in [0.1, 0.15) is 66.3 Å². The SMILES string of the molecule is CCCC1CCCN(C(=O)c2ccc(-n3nc(C)c(CCC(=O)O)c3C)cc2)C1. The lowest BCUT2D eigenvalue weighted by atomic mass is 9.93. The molecule has 0 radical (unpaired) electrons. The third-order valence-electron chi connectivity index (χ3n) is 5.89. The van der Waals surface area contributed by atoms with E-state index in [1.54, 1.807) is 0 Å². The number of nitrogens with zero attached hydrogens (tertiary/aromatic N) is 3. The minimum Gasteiger partial charge on any atom is -0.481 e. The molecule has 1 aliphatic heterocycles. The number of carboxylic acid groups (broad SMARTS) is 1. The van der Waals surface area contributed by atoms with Crippen molar-refractivity contribution in [3.63, 3.8) is 0 Å². The predicted molar refractivity (Wildman–Crippen MR) is 113 cm³/mol. The number of amides is 1. The Kier molecular flexibility index (Phi) is 6.72. The number of carbonyl (C=O) groups excluding carboxylic acids is 1. The number of aromatic nitrogens is 2. The van der Waals surface area contributed by atoms with Crippen molar-refractivity contribution in [1.82, 2.24) is 14.7 Å². The van der Waals surface area contributed by atoms with E-state index in [9.17, 15) is 9.59 Å². The van der Waals surface area contributed by atoms with Gasteiger partial charge in [-0.1, -0.05) is 13.3 Å². The molecule has 1 atom stereocenters. The molecule has 1 aromatic carbocycles. The highest BCUT2D eigenvalue weighted by molar-refractivity contribution is 5.94. The summed E-state index contributed by atoms with van der Waals surface area (Å²) in [5.74, 6) is -0.0814. The number of piperidine rings is 1. The van der Waals surface area contributed by atoms with Gasteiger partial charge in [-0.2, -0.15) is 5.10 Å². The minimum atomic E-state index is -0.807. The summed E-state index contributed by atoms with van der Waals surface area (Å²) in [4.78, 5) is 25.8. The summed E-state index contributed by atoms with van der Waals surface area (Å²) in [6, 6.07) is 7.57. The summed E-state index contributed by atoms with van der Waals surface area (Å²) in [6.07, 6.45) is 5.22. The van der Waals surface area contributed by atoms with Crippen LogP contribution in [0.3, 0.4) is 0 Å². The zero-order valence-corrected chi connectivity index (χ0v) is 17.6. The van der Waals surface area contributed by atoms with E-state index in [0.29, 0.717) is 17.9 Å². The van der Waals surface area contributed by atoms with Crippen molar-refractivity contribution in [3.05, 3.63) is 46.8 Å². The summed E-state index contributed by atoms with van der Waals surface area (Å²) >= 11 is 0. The van der Waals surface area contributed by atoms with Crippen LogP contribution in [-0.2, 0) is 11.2 Å². The maximum Gasteiger partial charge on any atom is 0.303 e. The van der Waals surface area contributed by atoms with Gasteiger partial charge in [-0.05, 0) is 75.3 Å². The number of aliphatic carboxylic acids is 1. The van der Waals surface area contributed by atoms with E-state index in [0.717, 1.165) is 42.1 Å². The number of carbonyl (C=O) groups is 2. The Bertz CT molecular complexity index is 868. The van der Waals surface area contributed by atoms with Crippen LogP contribution >= 0.6 is 0 Å². The van der Waals surface area contributed by atoms with Crippen LogP contribution in [0.4, 0.5) is 0 Å². The van der Waals surface area contributed by atoms with Crippen LogP contribution in [0.2, 0.25) is 0 Å². The number of rotatable bonds is 7. The second kappa shape index (κ2) is 9.25. The van der Waals surface area contributed by atoms with Gasteiger partial charge in [0.1, 0.15) is 0 Å². The number of carboxylic acids is 1. The number of hydrogen-bond acceptors (Lipinski definition) is 3. The summed E-state index contributed by atoms with van der Waals surface area (Å²) < 4.78 is 1.83. The smallest absolute Gasteiger partial charge is 0.303 e. The van der Waals surface area contributed by atoms with Gasteiger partial charge in [0.05, 0.1) is 11.4 Å². The fourth-order valence-corrected chi connectivity index (χ4v) is 4.34. The number of hydrogen-bond donors (Lipinski definition) is 1. The summed E-state index contributed by atoms with van der Waals surface area (Å²) in [7, 11) is 0. The van der Waals surface area contributed by atoms with Gasteiger partial charge in [0.15, 0.2) is 0 Å². The number of aryl methyl sites for hydroxylation is 1. The molecule has 156 valence electrons. The van der Waals surface area contributed by atoms with E-state index < -0.39 is 5.97 Å². The van der Waals surface area contributed by atoms with Crippen molar-refractivity contribution in [2.75, 3.05) is 13.1 Å². The third kappa shape index (κ3) is 4.86. The standard InChI is InChI=1S/C23H31N3O3/c1-4-6-18-7-5-14-25(15-18)23(29)19-8-10-20(11-9-19)26-17(3)21(16(2)24-26)12-13-22(27)28/h8-11,18H,4-7,12-15H2,1-3H3,(H,27,28). The molecule has 3 rings (SSSR count). The Labute approximate surface area is 172 Å². The van der Waals surface area contributed by atoms with Gasteiger partial charge >= 0.3 is 5.97 Å². The summed E-state index contributed by atoms with van der Waals surface area (Å²) in [6.45, 7) is 7.76. The van der Waals surface area contributed by atoms with Crippen LogP contribution in [0.15, 0.2) is 24.3 Å². The highest BCUT2D eigenvalue weighted by Gasteiger charge is 2.24. The van der Waals surface area contributed by atoms with E-state index in [1.165, 1.54) is 19.3 Å². The van der Waals surface area contributed by atoms with Crippen LogP contribution in [0.25, 0.3) is 5.69 Å². The molecule has 0 aliphatic carbocycles. The first-order chi connectivity index (χ1) is 13.9. The molecule has 0 saturated carbocycles. The molecular formula is C23H31N3O3. The molecule has 0 spiro atoms. The monoisotopic (exact) mass is 397 g/mol. The molecule has 6 nitrogen and oxygen atoms in total. The van der Waals surface area contributed by atoms with E-state index in [2.05, 4.69) is 12.0 Å². The topological polar surface area (TPSA) is 75.4 Å². The average Bonchev–Trinajstić information content (AvgIpc) is 3.00. The van der Waals surface area contributed by atoms with Gasteiger partial charge in [-0.25, -0.2) is 4.68 Å². The molecule has 1 amide bonds. The van der Waals surface area contributed by atoms with Crippen molar-refractivity contribution in [2.45, 2.75) is 59.3 Å². The largest absolute Gasteiger partial charge is 0.481 e. The molecule has 2 aromatic rings. The van der Waals surface area contributed by atoms with Crippen LogP contribution in [0.5, 0.6) is 0 Å². The molecule has 6 heteroatoms. The van der Waals surface area contributed by atoms with E-state index in [-0.39, 0.29) is 12.3 Å². The second-order valence-corrected chi connectivity index (χ2v) is 8.05. The number of benzene rings is 1. The summed E-state index contributed by atoms with van der Waals surface area (Å²) in [5.41, 5.74) is 4.35. The van der Waals surface area contributed by atoms with Crippen molar-refractivity contribution in [1.29, 1.82) is 0 Å². The van der Waals surface area contributed by atoms with Crippen molar-refractivity contribution in [3.8, 4) is 5.69 Å². The maximum absolute atomic E-state index is 12.9. The fourth-order valence-electron chi connectivity index (χ4n) is 4.34. The normalized spacial score (nSPS) is 16.8. The van der Waals surface area contributed by atoms with Gasteiger partial charge in [0.25, 0.3) is 5.91 Å². The van der Waals surface area contributed by atoms with E-state index in [1.807, 2.05) is 47.7 Å². The van der Waals surface area contributed by atoms with Crippen LogP contribution in [0, 0.1) is 19.8 Å². The van der Waals surface area contributed by atoms with Crippen LogP contribution in [-0.4, -0.2) is 44.8 Å². The molecule has 0 bridgehead atoms. The lowest BCUT2D eigenvalue weighted by Crippen LogP contribution is -2.39. The van der Waals surface area contributed by atoms with Gasteiger partial charge < -0.3 is 10.0 Å². The van der Waals surface area contributed by atoms with Crippen molar-refractivity contribution >= 4 is 11.9 Å². The molecule has 1 saturated heterocycles. The zero-order valence-electron chi connectivity index (χ0n) is 17.6. The average molecular weight is 398 g/mol. The predicted octanol–water partition coefficient (Wildman–Crippen LogP) is 4.16. The van der Waals surface area contributed by atoms with Gasteiger partial charge in [0, 0.05) is 30.8 Å². The highest BCUT2D eigenvalue weighted by atomic mass is 16.4. The molecule has 2 heterocycles. The van der Waals surface area contributed by atoms with Gasteiger partial charge in [-0.3, -0.25) is 9.59 Å². The molecule has 1 aromatic heterocycles. The molecule has 1 unspecified atom stereocenters.